The lowest BCUT2D eigenvalue weighted by molar-refractivity contribution is -0.124. The van der Waals surface area contributed by atoms with Crippen LogP contribution in [0, 0.1) is 5.92 Å². The molecule has 2 heterocycles. The number of allylic oxidation sites excluding steroid dienone is 2. The Hall–Kier alpha value is -1.21. The molecule has 4 nitrogen and oxygen atoms in total. The number of hydrogen-bond acceptors (Lipinski definition) is 5. The second-order valence-electron chi connectivity index (χ2n) is 8.05. The summed E-state index contributed by atoms with van der Waals surface area (Å²) in [6.45, 7) is 10.9. The zero-order valence-corrected chi connectivity index (χ0v) is 17.3. The van der Waals surface area contributed by atoms with E-state index >= 15 is 0 Å². The molecule has 3 rings (SSSR count). The molecule has 154 valence electrons. The summed E-state index contributed by atoms with van der Waals surface area (Å²) < 4.78 is 14.5. The quantitative estimate of drug-likeness (QED) is 0.370. The highest BCUT2D eigenvalue weighted by atomic mass is 32.1. The average Bonchev–Trinajstić information content (AvgIpc) is 3.46. The number of β-amino-alcohol motifs (C(OH)–C–C–N with tert-alkyl or cyclic N) is 1. The number of ketones is 1. The summed E-state index contributed by atoms with van der Waals surface area (Å²) in [6.07, 6.45) is 7.95. The van der Waals surface area contributed by atoms with Crippen LogP contribution in [0.15, 0.2) is 48.4 Å². The number of carbonyl (C=O) groups is 1. The number of thiol groups is 1. The molecule has 0 bridgehead atoms. The fourth-order valence-corrected chi connectivity index (χ4v) is 4.42. The molecule has 0 aromatic carbocycles. The Bertz CT molecular complexity index is 686. The van der Waals surface area contributed by atoms with Crippen LogP contribution in [0.5, 0.6) is 0 Å². The van der Waals surface area contributed by atoms with Gasteiger partial charge >= 0.3 is 0 Å². The Labute approximate surface area is 172 Å². The fourth-order valence-electron chi connectivity index (χ4n) is 4.12. The molecule has 1 N–H and O–H groups in total. The first kappa shape index (κ1) is 21.5. The maximum absolute atomic E-state index is 14.5. The Balaban J connectivity index is 1.79. The molecular weight excluding hydrogens is 375 g/mol. The number of aliphatic hydroxyl groups is 1. The molecule has 2 saturated heterocycles. The molecule has 0 radical (unpaired) electrons. The summed E-state index contributed by atoms with van der Waals surface area (Å²) in [5, 5.41) is 9.84. The molecule has 0 spiro atoms. The van der Waals surface area contributed by atoms with Crippen molar-refractivity contribution in [1.82, 2.24) is 9.80 Å². The van der Waals surface area contributed by atoms with E-state index in [1.54, 1.807) is 0 Å². The standard InChI is InChI=1S/C22H31FN2O2S/c1-3-18(19(23)4-2)21(22(27)15-5-6-15)25-12-9-20(28)16(13-25)7-10-24-11-8-17(26)14-24/h3-4,7,15,17,20-21,26,28H,1-2,5-6,8-14H2/b16-7+,19-18-. The van der Waals surface area contributed by atoms with Crippen LogP contribution in [0.1, 0.15) is 25.7 Å². The van der Waals surface area contributed by atoms with Crippen molar-refractivity contribution in [3.05, 3.63) is 48.4 Å². The second kappa shape index (κ2) is 9.53. The number of rotatable bonds is 8. The number of hydrogen-bond donors (Lipinski definition) is 2. The number of halogens is 1. The van der Waals surface area contributed by atoms with Crippen LogP contribution in [0.3, 0.4) is 0 Å². The van der Waals surface area contributed by atoms with Crippen molar-refractivity contribution < 1.29 is 14.3 Å². The summed E-state index contributed by atoms with van der Waals surface area (Å²) in [7, 11) is 0. The molecule has 0 aromatic heterocycles. The van der Waals surface area contributed by atoms with Gasteiger partial charge < -0.3 is 5.11 Å². The first-order chi connectivity index (χ1) is 13.4. The Morgan fingerprint density at radius 2 is 2.00 bits per heavy atom. The van der Waals surface area contributed by atoms with E-state index in [1.165, 1.54) is 6.08 Å². The predicted octanol–water partition coefficient (Wildman–Crippen LogP) is 2.93. The van der Waals surface area contributed by atoms with Crippen molar-refractivity contribution >= 4 is 18.4 Å². The summed E-state index contributed by atoms with van der Waals surface area (Å²) in [4.78, 5) is 17.3. The van der Waals surface area contributed by atoms with Crippen molar-refractivity contribution in [2.75, 3.05) is 32.7 Å². The molecule has 6 heteroatoms. The summed E-state index contributed by atoms with van der Waals surface area (Å²) in [5.74, 6) is -0.352. The van der Waals surface area contributed by atoms with Gasteiger partial charge in [0.05, 0.1) is 12.1 Å². The monoisotopic (exact) mass is 406 g/mol. The molecule has 0 aromatic rings. The van der Waals surface area contributed by atoms with Gasteiger partial charge in [-0.2, -0.15) is 12.6 Å². The van der Waals surface area contributed by atoms with Crippen LogP contribution in [0.4, 0.5) is 4.39 Å². The molecule has 3 aliphatic rings. The molecular formula is C22H31FN2O2S. The summed E-state index contributed by atoms with van der Waals surface area (Å²) >= 11 is 4.73. The number of carbonyl (C=O) groups excluding carboxylic acids is 1. The molecule has 3 atom stereocenters. The molecule has 3 unspecified atom stereocenters. The third-order valence-electron chi connectivity index (χ3n) is 5.95. The first-order valence-corrected chi connectivity index (χ1v) is 10.7. The van der Waals surface area contributed by atoms with E-state index < -0.39 is 11.9 Å². The molecule has 2 aliphatic heterocycles. The molecule has 1 saturated carbocycles. The van der Waals surface area contributed by atoms with E-state index in [9.17, 15) is 14.3 Å². The largest absolute Gasteiger partial charge is 0.392 e. The third-order valence-corrected chi connectivity index (χ3v) is 6.54. The first-order valence-electron chi connectivity index (χ1n) is 10.1. The van der Waals surface area contributed by atoms with E-state index in [2.05, 4.69) is 29.0 Å². The van der Waals surface area contributed by atoms with Gasteiger partial charge in [-0.1, -0.05) is 25.3 Å². The molecule has 1 aliphatic carbocycles. The molecule has 0 amide bonds. The second-order valence-corrected chi connectivity index (χ2v) is 8.67. The molecule has 3 fully saturated rings. The number of nitrogens with zero attached hydrogens (tertiary/aromatic N) is 2. The topological polar surface area (TPSA) is 43.8 Å². The average molecular weight is 407 g/mol. The fraction of sp³-hybridized carbons (Fsp3) is 0.591. The molecule has 28 heavy (non-hydrogen) atoms. The Morgan fingerprint density at radius 1 is 1.25 bits per heavy atom. The van der Waals surface area contributed by atoms with Gasteiger partial charge in [-0.3, -0.25) is 14.6 Å². The van der Waals surface area contributed by atoms with Gasteiger partial charge in [0.25, 0.3) is 0 Å². The van der Waals surface area contributed by atoms with Crippen molar-refractivity contribution in [2.24, 2.45) is 5.92 Å². The summed E-state index contributed by atoms with van der Waals surface area (Å²) in [6, 6.07) is -0.610. The lowest BCUT2D eigenvalue weighted by atomic mass is 9.93. The number of piperidine rings is 1. The minimum atomic E-state index is -0.610. The van der Waals surface area contributed by atoms with Gasteiger partial charge in [0.15, 0.2) is 5.78 Å². The van der Waals surface area contributed by atoms with Crippen LogP contribution in [0.25, 0.3) is 0 Å². The van der Waals surface area contributed by atoms with Gasteiger partial charge in [0.2, 0.25) is 0 Å². The van der Waals surface area contributed by atoms with Crippen molar-refractivity contribution in [3.8, 4) is 0 Å². The minimum Gasteiger partial charge on any atom is -0.392 e. The highest BCUT2D eigenvalue weighted by molar-refractivity contribution is 7.81. The van der Waals surface area contributed by atoms with Crippen molar-refractivity contribution in [2.45, 2.75) is 43.1 Å². The van der Waals surface area contributed by atoms with Crippen molar-refractivity contribution in [3.63, 3.8) is 0 Å². The Kier molecular flexibility index (Phi) is 7.31. The van der Waals surface area contributed by atoms with Crippen LogP contribution in [-0.2, 0) is 4.79 Å². The summed E-state index contributed by atoms with van der Waals surface area (Å²) in [5.41, 5.74) is 1.48. The van der Waals surface area contributed by atoms with Gasteiger partial charge in [-0.25, -0.2) is 4.39 Å². The predicted molar refractivity (Wildman–Crippen MR) is 114 cm³/mol. The smallest absolute Gasteiger partial charge is 0.157 e. The zero-order valence-electron chi connectivity index (χ0n) is 16.4. The maximum Gasteiger partial charge on any atom is 0.157 e. The minimum absolute atomic E-state index is 0.0322. The van der Waals surface area contributed by atoms with Gasteiger partial charge in [-0.15, -0.1) is 0 Å². The number of likely N-dealkylation sites (tertiary alicyclic amines) is 2. The van der Waals surface area contributed by atoms with E-state index in [1.807, 2.05) is 0 Å². The third kappa shape index (κ3) is 5.03. The lowest BCUT2D eigenvalue weighted by Gasteiger charge is -2.38. The van der Waals surface area contributed by atoms with E-state index in [4.69, 9.17) is 12.6 Å². The van der Waals surface area contributed by atoms with Gasteiger partial charge in [0.1, 0.15) is 5.83 Å². The Morgan fingerprint density at radius 3 is 2.57 bits per heavy atom. The van der Waals surface area contributed by atoms with Crippen LogP contribution < -0.4 is 0 Å². The van der Waals surface area contributed by atoms with Crippen molar-refractivity contribution in [1.29, 1.82) is 0 Å². The number of Topliss-reactive ketones (excluding diaryl/α,β-unsaturated/α-hetero) is 1. The highest BCUT2D eigenvalue weighted by Crippen LogP contribution is 2.36. The maximum atomic E-state index is 14.5. The lowest BCUT2D eigenvalue weighted by Crippen LogP contribution is -2.48. The SMILES string of the molecule is C=C/C(F)=C(\C=C)C(C(=O)C1CC1)N1CCC(S)/C(=C/CN2CCC(O)C2)C1. The van der Waals surface area contributed by atoms with E-state index in [-0.39, 0.29) is 23.1 Å². The van der Waals surface area contributed by atoms with Crippen LogP contribution >= 0.6 is 12.6 Å². The van der Waals surface area contributed by atoms with Gasteiger partial charge in [0, 0.05) is 49.5 Å². The number of aliphatic hydroxyl groups excluding tert-OH is 1. The highest BCUT2D eigenvalue weighted by Gasteiger charge is 2.41. The van der Waals surface area contributed by atoms with E-state index in [0.29, 0.717) is 25.2 Å². The van der Waals surface area contributed by atoms with Gasteiger partial charge in [-0.05, 0) is 37.3 Å². The van der Waals surface area contributed by atoms with E-state index in [0.717, 1.165) is 50.4 Å². The zero-order chi connectivity index (χ0) is 20.3. The van der Waals surface area contributed by atoms with Crippen LogP contribution in [0.2, 0.25) is 0 Å². The normalized spacial score (nSPS) is 30.2. The van der Waals surface area contributed by atoms with Crippen LogP contribution in [-0.4, -0.2) is 70.8 Å².